The molecule has 2 aromatic heterocycles. The molecule has 1 fully saturated rings. The lowest BCUT2D eigenvalue weighted by molar-refractivity contribution is -0.00590. The molecule has 1 saturated carbocycles. The Morgan fingerprint density at radius 2 is 2.27 bits per heavy atom. The molecule has 0 spiro atoms. The van der Waals surface area contributed by atoms with Crippen LogP contribution in [0.1, 0.15) is 28.4 Å². The van der Waals surface area contributed by atoms with Crippen molar-refractivity contribution in [2.75, 3.05) is 0 Å². The summed E-state index contributed by atoms with van der Waals surface area (Å²) < 4.78 is 3.08. The van der Waals surface area contributed by atoms with Crippen molar-refractivity contribution < 1.29 is 9.90 Å². The molecule has 7 nitrogen and oxygen atoms in total. The van der Waals surface area contributed by atoms with E-state index in [0.717, 1.165) is 5.56 Å². The van der Waals surface area contributed by atoms with Crippen molar-refractivity contribution in [3.8, 4) is 0 Å². The fourth-order valence-corrected chi connectivity index (χ4v) is 2.65. The van der Waals surface area contributed by atoms with Gasteiger partial charge in [0.05, 0.1) is 24.4 Å². The highest BCUT2D eigenvalue weighted by atomic mass is 16.3. The zero-order valence-corrected chi connectivity index (χ0v) is 12.4. The van der Waals surface area contributed by atoms with E-state index in [1.807, 2.05) is 13.1 Å². The van der Waals surface area contributed by atoms with E-state index in [9.17, 15) is 14.7 Å². The molecule has 0 unspecified atom stereocenters. The summed E-state index contributed by atoms with van der Waals surface area (Å²) in [6.45, 7) is 1.92. The van der Waals surface area contributed by atoms with E-state index < -0.39 is 6.10 Å². The van der Waals surface area contributed by atoms with E-state index in [1.165, 1.54) is 10.6 Å². The summed E-state index contributed by atoms with van der Waals surface area (Å²) in [5, 5.41) is 17.0. The van der Waals surface area contributed by atoms with Crippen LogP contribution in [0.5, 0.6) is 0 Å². The number of pyridine rings is 1. The molecule has 7 heteroatoms. The third kappa shape index (κ3) is 2.55. The molecule has 0 radical (unpaired) electrons. The van der Waals surface area contributed by atoms with Crippen LogP contribution >= 0.6 is 0 Å². The smallest absolute Gasteiger partial charge is 0.251 e. The number of nitrogens with zero attached hydrogens (tertiary/aromatic N) is 3. The minimum absolute atomic E-state index is 0.203. The molecule has 0 bridgehead atoms. The maximum atomic E-state index is 12.2. The summed E-state index contributed by atoms with van der Waals surface area (Å²) in [5.74, 6) is -0.316. The van der Waals surface area contributed by atoms with Gasteiger partial charge in [-0.3, -0.25) is 14.3 Å². The first-order chi connectivity index (χ1) is 10.5. The number of rotatable bonds is 3. The normalized spacial score (nSPS) is 23.9. The van der Waals surface area contributed by atoms with E-state index in [1.54, 1.807) is 30.2 Å². The summed E-state index contributed by atoms with van der Waals surface area (Å²) in [7, 11) is 1.63. The number of hydrogen-bond donors (Lipinski definition) is 2. The van der Waals surface area contributed by atoms with Crippen LogP contribution in [-0.2, 0) is 7.05 Å². The van der Waals surface area contributed by atoms with Crippen LogP contribution in [0.4, 0.5) is 0 Å². The molecule has 1 aliphatic rings. The Balaban J connectivity index is 1.73. The first-order valence-electron chi connectivity index (χ1n) is 7.12. The Hall–Kier alpha value is -2.41. The molecule has 22 heavy (non-hydrogen) atoms. The second kappa shape index (κ2) is 5.42. The van der Waals surface area contributed by atoms with E-state index in [4.69, 9.17) is 0 Å². The number of aryl methyl sites for hydroxylation is 2. The molecule has 2 heterocycles. The van der Waals surface area contributed by atoms with Crippen LogP contribution in [0.25, 0.3) is 0 Å². The average Bonchev–Trinajstić information content (AvgIpc) is 2.86. The molecule has 116 valence electrons. The van der Waals surface area contributed by atoms with E-state index in [-0.39, 0.29) is 23.6 Å². The van der Waals surface area contributed by atoms with Crippen molar-refractivity contribution in [3.05, 3.63) is 52.2 Å². The lowest BCUT2D eigenvalue weighted by atomic mass is 9.83. The molecule has 1 amide bonds. The maximum absolute atomic E-state index is 12.2. The Kier molecular flexibility index (Phi) is 3.58. The SMILES string of the molecule is Cc1cnn([C@H]2[C@H](O)C[C@@H]2NC(=O)c2ccn(C)c(=O)c2)c1. The van der Waals surface area contributed by atoms with E-state index >= 15 is 0 Å². The van der Waals surface area contributed by atoms with Crippen LogP contribution in [0.3, 0.4) is 0 Å². The number of hydrogen-bond acceptors (Lipinski definition) is 4. The topological polar surface area (TPSA) is 89.2 Å². The Morgan fingerprint density at radius 1 is 1.50 bits per heavy atom. The highest BCUT2D eigenvalue weighted by Gasteiger charge is 2.42. The standard InChI is InChI=1S/C15H18N4O3/c1-9-7-16-19(8-9)14-11(6-12(14)20)17-15(22)10-3-4-18(2)13(21)5-10/h3-5,7-8,11-12,14,20H,6H2,1-2H3,(H,17,22)/t11-,12+,14+/m0/s1. The summed E-state index contributed by atoms with van der Waals surface area (Å²) in [6, 6.07) is 2.42. The number of aromatic nitrogens is 3. The van der Waals surface area contributed by atoms with Gasteiger partial charge in [-0.25, -0.2) is 0 Å². The summed E-state index contributed by atoms with van der Waals surface area (Å²) >= 11 is 0. The Morgan fingerprint density at radius 3 is 2.86 bits per heavy atom. The summed E-state index contributed by atoms with van der Waals surface area (Å²) in [5.41, 5.74) is 1.08. The molecule has 2 aromatic rings. The van der Waals surface area contributed by atoms with Gasteiger partial charge >= 0.3 is 0 Å². The molecule has 1 aliphatic carbocycles. The highest BCUT2D eigenvalue weighted by molar-refractivity contribution is 5.94. The van der Waals surface area contributed by atoms with Crippen molar-refractivity contribution in [2.24, 2.45) is 7.05 Å². The lowest BCUT2D eigenvalue weighted by Gasteiger charge is -2.41. The number of carbonyl (C=O) groups excluding carboxylic acids is 1. The zero-order valence-electron chi connectivity index (χ0n) is 12.4. The van der Waals surface area contributed by atoms with Crippen LogP contribution in [-0.4, -0.2) is 37.5 Å². The number of amides is 1. The maximum Gasteiger partial charge on any atom is 0.251 e. The molecule has 0 aromatic carbocycles. The van der Waals surface area contributed by atoms with Gasteiger partial charge in [-0.1, -0.05) is 0 Å². The first kappa shape index (κ1) is 14.5. The monoisotopic (exact) mass is 302 g/mol. The second-order valence-corrected chi connectivity index (χ2v) is 5.74. The van der Waals surface area contributed by atoms with Gasteiger partial charge in [-0.15, -0.1) is 0 Å². The molecule has 3 rings (SSSR count). The van der Waals surface area contributed by atoms with Gasteiger partial charge in [-0.05, 0) is 25.0 Å². The third-order valence-electron chi connectivity index (χ3n) is 4.02. The van der Waals surface area contributed by atoms with E-state index in [2.05, 4.69) is 10.4 Å². The van der Waals surface area contributed by atoms with Crippen LogP contribution in [0.15, 0.2) is 35.5 Å². The van der Waals surface area contributed by atoms with Gasteiger partial charge in [0.25, 0.3) is 11.5 Å². The van der Waals surface area contributed by atoms with Crippen molar-refractivity contribution in [1.82, 2.24) is 19.7 Å². The van der Waals surface area contributed by atoms with Crippen molar-refractivity contribution in [3.63, 3.8) is 0 Å². The van der Waals surface area contributed by atoms with Gasteiger partial charge in [0, 0.05) is 31.1 Å². The molecular weight excluding hydrogens is 284 g/mol. The van der Waals surface area contributed by atoms with Crippen LogP contribution in [0.2, 0.25) is 0 Å². The minimum atomic E-state index is -0.534. The number of aliphatic hydroxyl groups excluding tert-OH is 1. The predicted molar refractivity (Wildman–Crippen MR) is 79.6 cm³/mol. The number of nitrogens with one attached hydrogen (secondary N) is 1. The van der Waals surface area contributed by atoms with Gasteiger partial charge < -0.3 is 15.0 Å². The molecule has 0 aliphatic heterocycles. The van der Waals surface area contributed by atoms with Crippen molar-refractivity contribution >= 4 is 5.91 Å². The molecule has 0 saturated heterocycles. The third-order valence-corrected chi connectivity index (χ3v) is 4.02. The largest absolute Gasteiger partial charge is 0.391 e. The van der Waals surface area contributed by atoms with Gasteiger partial charge in [-0.2, -0.15) is 5.10 Å². The van der Waals surface area contributed by atoms with Crippen molar-refractivity contribution in [1.29, 1.82) is 0 Å². The van der Waals surface area contributed by atoms with E-state index in [0.29, 0.717) is 12.0 Å². The van der Waals surface area contributed by atoms with Crippen LogP contribution in [0, 0.1) is 6.92 Å². The fourth-order valence-electron chi connectivity index (χ4n) is 2.65. The van der Waals surface area contributed by atoms with Crippen molar-refractivity contribution in [2.45, 2.75) is 31.5 Å². The summed E-state index contributed by atoms with van der Waals surface area (Å²) in [4.78, 5) is 23.8. The summed E-state index contributed by atoms with van der Waals surface area (Å²) in [6.07, 6.45) is 5.05. The molecule has 3 atom stereocenters. The Labute approximate surface area is 127 Å². The lowest BCUT2D eigenvalue weighted by Crippen LogP contribution is -2.56. The van der Waals surface area contributed by atoms with Gasteiger partial charge in [0.1, 0.15) is 0 Å². The van der Waals surface area contributed by atoms with Gasteiger partial charge in [0.2, 0.25) is 0 Å². The quantitative estimate of drug-likeness (QED) is 0.835. The fraction of sp³-hybridized carbons (Fsp3) is 0.400. The molecule has 2 N–H and O–H groups in total. The first-order valence-corrected chi connectivity index (χ1v) is 7.12. The molecular formula is C15H18N4O3. The van der Waals surface area contributed by atoms with Gasteiger partial charge in [0.15, 0.2) is 0 Å². The predicted octanol–water partition coefficient (Wildman–Crippen LogP) is -0.00548. The van der Waals surface area contributed by atoms with Crippen LogP contribution < -0.4 is 10.9 Å². The Bertz CT molecular complexity index is 764. The second-order valence-electron chi connectivity index (χ2n) is 5.74. The highest BCUT2D eigenvalue weighted by Crippen LogP contribution is 2.32. The number of carbonyl (C=O) groups is 1. The number of aliphatic hydroxyl groups is 1. The average molecular weight is 302 g/mol. The zero-order chi connectivity index (χ0) is 15.9. The minimum Gasteiger partial charge on any atom is -0.391 e.